The summed E-state index contributed by atoms with van der Waals surface area (Å²) in [4.78, 5) is 28.0. The summed E-state index contributed by atoms with van der Waals surface area (Å²) in [5.41, 5.74) is 0. The fourth-order valence-corrected chi connectivity index (χ4v) is 1.32. The van der Waals surface area contributed by atoms with Crippen LogP contribution in [-0.4, -0.2) is 170 Å². The van der Waals surface area contributed by atoms with Gasteiger partial charge in [-0.15, -0.1) is 0 Å². The molecule has 0 aliphatic carbocycles. The van der Waals surface area contributed by atoms with Crippen LogP contribution in [0.1, 0.15) is 0 Å². The van der Waals surface area contributed by atoms with Gasteiger partial charge >= 0.3 is 37.7 Å². The molecule has 0 rings (SSSR count). The summed E-state index contributed by atoms with van der Waals surface area (Å²) in [6.45, 7) is 0.274. The topological polar surface area (TPSA) is 300 Å². The van der Waals surface area contributed by atoms with Crippen molar-refractivity contribution in [3.8, 4) is 0 Å². The Bertz CT molecular complexity index is 400. The molecule has 0 aromatic heterocycles. The summed E-state index contributed by atoms with van der Waals surface area (Å²) in [5.74, 6) is -3.95. The van der Waals surface area contributed by atoms with E-state index in [1.165, 1.54) is 0 Å². The summed E-state index contributed by atoms with van der Waals surface area (Å²) >= 11 is 0. The van der Waals surface area contributed by atoms with E-state index >= 15 is 0 Å². The molecule has 0 aromatic carbocycles. The minimum Gasteiger partial charge on any atom is -0.547 e. The number of aliphatic carboxylic acids is 2. The van der Waals surface area contributed by atoms with Gasteiger partial charge in [-0.1, -0.05) is 0 Å². The van der Waals surface area contributed by atoms with Crippen LogP contribution < -0.4 is 10.2 Å². The van der Waals surface area contributed by atoms with Crippen LogP contribution in [0.4, 0.5) is 0 Å². The molecule has 0 bridgehead atoms. The Morgan fingerprint density at radius 1 is 0.621 bits per heavy atom. The normalized spacial score (nSPS) is 18.4. The largest absolute Gasteiger partial charge is 2.00 e. The van der Waals surface area contributed by atoms with E-state index in [0.29, 0.717) is 0 Å². The number of carbonyl (C=O) groups is 3. The Morgan fingerprint density at radius 2 is 0.828 bits per heavy atom. The third kappa shape index (κ3) is 14.2. The minimum absolute atomic E-state index is 0. The van der Waals surface area contributed by atoms with Gasteiger partial charge in [0.2, 0.25) is 0 Å². The molecule has 0 unspecified atom stereocenters. The van der Waals surface area contributed by atoms with Crippen LogP contribution in [0, 0.1) is 0 Å². The molecular weight excluding hydrogens is 436 g/mol. The second-order valence-electron chi connectivity index (χ2n) is 4.99. The fourth-order valence-electron chi connectivity index (χ4n) is 1.32. The maximum absolute atomic E-state index is 9.98. The zero-order valence-electron chi connectivity index (χ0n) is 15.0. The van der Waals surface area contributed by atoms with Gasteiger partial charge in [-0.05, 0) is 0 Å². The van der Waals surface area contributed by atoms with Crippen LogP contribution in [-0.2, 0) is 14.4 Å². The number of carboxylic acid groups (broad SMARTS) is 2. The van der Waals surface area contributed by atoms with Crippen LogP contribution >= 0.6 is 0 Å². The Labute approximate surface area is 193 Å². The SMILES string of the molecule is C=O.O=C([O-])[C@H](O)[C@@H](O)[C@H](O)[C@H](O)CO.O=C([O-])[C@H](O)[C@@H](O)[C@H](O)[C@H](O)CO.[Ca+2]. The monoisotopic (exact) mass is 460 g/mol. The summed E-state index contributed by atoms with van der Waals surface area (Å²) in [6, 6.07) is 0. The maximum atomic E-state index is 9.98. The van der Waals surface area contributed by atoms with Crippen molar-refractivity contribution < 1.29 is 75.7 Å². The molecule has 29 heavy (non-hydrogen) atoms. The van der Waals surface area contributed by atoms with Gasteiger partial charge in [-0.2, -0.15) is 0 Å². The molecule has 0 saturated heterocycles. The molecule has 16 heteroatoms. The number of rotatable bonds is 10. The number of carbonyl (C=O) groups excluding carboxylic acids is 3. The van der Waals surface area contributed by atoms with Crippen LogP contribution in [0.3, 0.4) is 0 Å². The van der Waals surface area contributed by atoms with E-state index in [0.717, 1.165) is 0 Å². The molecule has 0 fully saturated rings. The summed E-state index contributed by atoms with van der Waals surface area (Å²) in [7, 11) is 0. The van der Waals surface area contributed by atoms with Crippen molar-refractivity contribution >= 4 is 56.5 Å². The summed E-state index contributed by atoms with van der Waals surface area (Å²) < 4.78 is 0. The van der Waals surface area contributed by atoms with Crippen molar-refractivity contribution in [3.05, 3.63) is 0 Å². The maximum Gasteiger partial charge on any atom is 2.00 e. The molecule has 0 spiro atoms. The quantitative estimate of drug-likeness (QED) is 0.135. The fraction of sp³-hybridized carbons (Fsp3) is 0.769. The van der Waals surface area contributed by atoms with Crippen LogP contribution in [0.5, 0.6) is 0 Å². The third-order valence-corrected chi connectivity index (χ3v) is 2.99. The second kappa shape index (κ2) is 19.4. The Kier molecular flexibility index (Phi) is 24.0. The molecule has 15 nitrogen and oxygen atoms in total. The van der Waals surface area contributed by atoms with Crippen molar-refractivity contribution in [2.75, 3.05) is 13.2 Å². The number of hydrogen-bond acceptors (Lipinski definition) is 15. The van der Waals surface area contributed by atoms with E-state index in [4.69, 9.17) is 55.9 Å². The average molecular weight is 460 g/mol. The van der Waals surface area contributed by atoms with Crippen molar-refractivity contribution in [2.45, 2.75) is 48.8 Å². The van der Waals surface area contributed by atoms with Gasteiger partial charge in [0, 0.05) is 0 Å². The van der Waals surface area contributed by atoms with E-state index in [-0.39, 0.29) is 37.7 Å². The van der Waals surface area contributed by atoms with Gasteiger partial charge in [0.1, 0.15) is 55.6 Å². The number of carboxylic acids is 2. The van der Waals surface area contributed by atoms with Crippen molar-refractivity contribution in [1.82, 2.24) is 0 Å². The van der Waals surface area contributed by atoms with Crippen LogP contribution in [0.15, 0.2) is 0 Å². The molecule has 168 valence electrons. The van der Waals surface area contributed by atoms with Crippen molar-refractivity contribution in [1.29, 1.82) is 0 Å². The van der Waals surface area contributed by atoms with Gasteiger partial charge in [0.25, 0.3) is 0 Å². The molecule has 0 aliphatic rings. The van der Waals surface area contributed by atoms with Gasteiger partial charge in [-0.3, -0.25) is 0 Å². The van der Waals surface area contributed by atoms with E-state index in [2.05, 4.69) is 0 Å². The Morgan fingerprint density at radius 3 is 0.966 bits per heavy atom. The zero-order valence-corrected chi connectivity index (χ0v) is 17.2. The Hall–Kier alpha value is -0.530. The first-order chi connectivity index (χ1) is 12.8. The molecule has 0 heterocycles. The van der Waals surface area contributed by atoms with Gasteiger partial charge in [-0.25, -0.2) is 0 Å². The number of hydrogen-bond donors (Lipinski definition) is 10. The van der Waals surface area contributed by atoms with Gasteiger partial charge < -0.3 is 75.7 Å². The van der Waals surface area contributed by atoms with Gasteiger partial charge in [0.15, 0.2) is 0 Å². The first-order valence-corrected chi connectivity index (χ1v) is 7.20. The van der Waals surface area contributed by atoms with Gasteiger partial charge in [0.05, 0.1) is 25.2 Å². The predicted molar refractivity (Wildman–Crippen MR) is 85.1 cm³/mol. The first-order valence-electron chi connectivity index (χ1n) is 7.20. The third-order valence-electron chi connectivity index (χ3n) is 2.99. The van der Waals surface area contributed by atoms with Crippen molar-refractivity contribution in [3.63, 3.8) is 0 Å². The average Bonchev–Trinajstić information content (AvgIpc) is 2.70. The number of aliphatic hydroxyl groups is 10. The summed E-state index contributed by atoms with van der Waals surface area (Å²) in [5, 5.41) is 107. The van der Waals surface area contributed by atoms with E-state index in [9.17, 15) is 19.8 Å². The van der Waals surface area contributed by atoms with Crippen LogP contribution in [0.2, 0.25) is 0 Å². The van der Waals surface area contributed by atoms with E-state index in [1.54, 1.807) is 0 Å². The van der Waals surface area contributed by atoms with E-state index < -0.39 is 74.0 Å². The standard InChI is InChI=1S/2C6H12O7.CH2O.Ca/c2*7-1-2(8)3(9)4(10)5(11)6(12)13;1-2;/h2*2-5,7-11H,1H2,(H,12,13);1H2;/q;;;+2/p-2/t2*2-,3-,4+,5-;;/m11../s1. The Balaban J connectivity index is -0.000000192. The molecule has 10 N–H and O–H groups in total. The molecule has 0 amide bonds. The molecule has 0 aliphatic heterocycles. The predicted octanol–water partition coefficient (Wildman–Crippen LogP) is -10.2. The van der Waals surface area contributed by atoms with E-state index in [1.807, 2.05) is 6.79 Å². The smallest absolute Gasteiger partial charge is 0.547 e. The molecule has 0 saturated carbocycles. The number of aliphatic hydroxyl groups excluding tert-OH is 10. The van der Waals surface area contributed by atoms with Crippen molar-refractivity contribution in [2.24, 2.45) is 0 Å². The first kappa shape index (κ1) is 35.9. The molecule has 0 aromatic rings. The molecule has 8 atom stereocenters. The molecule has 0 radical (unpaired) electrons. The van der Waals surface area contributed by atoms with Crippen LogP contribution in [0.25, 0.3) is 0 Å². The summed E-state index contributed by atoms with van der Waals surface area (Å²) in [6.07, 6.45) is -16.2. The molecular formula is C13H24CaO15. The second-order valence-corrected chi connectivity index (χ2v) is 4.99. The minimum atomic E-state index is -2.31. The zero-order chi connectivity index (χ0) is 23.2.